The molecule has 2 rings (SSSR count). The molecule has 0 amide bonds. The number of aromatic nitrogens is 1. The fraction of sp³-hybridized carbons (Fsp3) is 0.353. The molecule has 0 unspecified atom stereocenters. The molecule has 0 fully saturated rings. The normalized spacial score (nSPS) is 11.3. The van der Waals surface area contributed by atoms with Crippen LogP contribution in [0.15, 0.2) is 29.4 Å². The molecule has 0 spiro atoms. The molecule has 5 heteroatoms. The summed E-state index contributed by atoms with van der Waals surface area (Å²) in [5, 5.41) is 5.03. The topological polar surface area (TPSA) is 38.5 Å². The predicted octanol–water partition coefficient (Wildman–Crippen LogP) is 4.16. The Morgan fingerprint density at radius 1 is 1.27 bits per heavy atom. The van der Waals surface area contributed by atoms with E-state index in [-0.39, 0.29) is 0 Å². The molecule has 1 aromatic carbocycles. The molecule has 0 aliphatic heterocycles. The molecule has 4 nitrogen and oxygen atoms in total. The van der Waals surface area contributed by atoms with Crippen LogP contribution in [0.5, 0.6) is 0 Å². The van der Waals surface area contributed by atoms with Crippen molar-refractivity contribution in [3.8, 4) is 0 Å². The number of benzene rings is 1. The number of methoxy groups -OCH3 is 1. The first-order chi connectivity index (χ1) is 10.5. The quantitative estimate of drug-likeness (QED) is 0.641. The second-order valence-electron chi connectivity index (χ2n) is 5.30. The Morgan fingerprint density at radius 2 is 2.05 bits per heavy atom. The van der Waals surface area contributed by atoms with Gasteiger partial charge in [0.2, 0.25) is 0 Å². The summed E-state index contributed by atoms with van der Waals surface area (Å²) in [6.07, 6.45) is 1.83. The van der Waals surface area contributed by atoms with Crippen molar-refractivity contribution in [2.75, 3.05) is 19.1 Å². The maximum atomic E-state index is 6.10. The smallest absolute Gasteiger partial charge is 0.0641 e. The van der Waals surface area contributed by atoms with Gasteiger partial charge in [0.15, 0.2) is 0 Å². The summed E-state index contributed by atoms with van der Waals surface area (Å²) in [5.41, 5.74) is 8.42. The number of rotatable bonds is 6. The third-order valence-corrected chi connectivity index (χ3v) is 4.11. The molecule has 0 aliphatic carbocycles. The minimum Gasteiger partial charge on any atom is -0.383 e. The summed E-state index contributed by atoms with van der Waals surface area (Å²) in [6, 6.07) is 7.92. The molecule has 0 atom stereocenters. The number of hydrogen-bond donors (Lipinski definition) is 1. The van der Waals surface area contributed by atoms with Crippen LogP contribution in [0.1, 0.15) is 22.5 Å². The van der Waals surface area contributed by atoms with Crippen molar-refractivity contribution in [2.24, 2.45) is 5.10 Å². The zero-order valence-electron chi connectivity index (χ0n) is 13.5. The van der Waals surface area contributed by atoms with Gasteiger partial charge in [0, 0.05) is 35.6 Å². The summed E-state index contributed by atoms with van der Waals surface area (Å²) >= 11 is 6.10. The Kier molecular flexibility index (Phi) is 5.63. The lowest BCUT2D eigenvalue weighted by Gasteiger charge is -2.08. The number of aryl methyl sites for hydroxylation is 2. The van der Waals surface area contributed by atoms with Gasteiger partial charge in [-0.1, -0.05) is 17.7 Å². The van der Waals surface area contributed by atoms with Gasteiger partial charge in [0.05, 0.1) is 18.5 Å². The van der Waals surface area contributed by atoms with E-state index in [1.165, 1.54) is 11.4 Å². The van der Waals surface area contributed by atoms with E-state index in [1.54, 1.807) is 7.11 Å². The van der Waals surface area contributed by atoms with E-state index in [1.807, 2.05) is 31.3 Å². The van der Waals surface area contributed by atoms with E-state index in [9.17, 15) is 0 Å². The molecule has 1 heterocycles. The van der Waals surface area contributed by atoms with Crippen molar-refractivity contribution in [1.82, 2.24) is 4.57 Å². The molecule has 0 saturated heterocycles. The van der Waals surface area contributed by atoms with E-state index >= 15 is 0 Å². The van der Waals surface area contributed by atoms with Gasteiger partial charge in [-0.3, -0.25) is 5.43 Å². The van der Waals surface area contributed by atoms with Crippen LogP contribution in [-0.2, 0) is 11.3 Å². The molecule has 0 aliphatic rings. The summed E-state index contributed by atoms with van der Waals surface area (Å²) in [4.78, 5) is 0. The first-order valence-corrected chi connectivity index (χ1v) is 7.61. The van der Waals surface area contributed by atoms with Crippen LogP contribution in [-0.4, -0.2) is 24.5 Å². The largest absolute Gasteiger partial charge is 0.383 e. The lowest BCUT2D eigenvalue weighted by molar-refractivity contribution is 0.186. The number of ether oxygens (including phenoxy) is 1. The Hall–Kier alpha value is -1.78. The van der Waals surface area contributed by atoms with Crippen molar-refractivity contribution < 1.29 is 4.74 Å². The van der Waals surface area contributed by atoms with E-state index < -0.39 is 0 Å². The van der Waals surface area contributed by atoms with Crippen LogP contribution in [0.3, 0.4) is 0 Å². The fourth-order valence-corrected chi connectivity index (χ4v) is 2.50. The van der Waals surface area contributed by atoms with Crippen LogP contribution in [0.2, 0.25) is 5.02 Å². The van der Waals surface area contributed by atoms with Gasteiger partial charge in [-0.15, -0.1) is 0 Å². The number of halogens is 1. The Balaban J connectivity index is 2.08. The van der Waals surface area contributed by atoms with Gasteiger partial charge in [-0.05, 0) is 44.5 Å². The minimum absolute atomic E-state index is 0.701. The van der Waals surface area contributed by atoms with Crippen molar-refractivity contribution in [2.45, 2.75) is 27.3 Å². The highest BCUT2D eigenvalue weighted by molar-refractivity contribution is 6.31. The first-order valence-electron chi connectivity index (χ1n) is 7.24. The Labute approximate surface area is 136 Å². The molecule has 118 valence electrons. The highest BCUT2D eigenvalue weighted by Gasteiger charge is 2.06. The summed E-state index contributed by atoms with van der Waals surface area (Å²) < 4.78 is 7.38. The van der Waals surface area contributed by atoms with Gasteiger partial charge >= 0.3 is 0 Å². The third kappa shape index (κ3) is 3.90. The second-order valence-corrected chi connectivity index (χ2v) is 5.71. The molecule has 22 heavy (non-hydrogen) atoms. The number of nitrogens with zero attached hydrogens (tertiary/aromatic N) is 2. The predicted molar refractivity (Wildman–Crippen MR) is 93.2 cm³/mol. The van der Waals surface area contributed by atoms with E-state index in [4.69, 9.17) is 16.3 Å². The molecule has 0 saturated carbocycles. The summed E-state index contributed by atoms with van der Waals surface area (Å²) in [7, 11) is 1.72. The van der Waals surface area contributed by atoms with E-state index in [2.05, 4.69) is 35.0 Å². The highest BCUT2D eigenvalue weighted by atomic mass is 35.5. The fourth-order valence-electron chi connectivity index (χ4n) is 2.32. The van der Waals surface area contributed by atoms with Crippen LogP contribution >= 0.6 is 11.6 Å². The molecule has 1 aromatic heterocycles. The number of anilines is 1. The number of nitrogens with one attached hydrogen (secondary N) is 1. The van der Waals surface area contributed by atoms with Gasteiger partial charge in [-0.2, -0.15) is 5.10 Å². The van der Waals surface area contributed by atoms with Crippen molar-refractivity contribution >= 4 is 23.5 Å². The van der Waals surface area contributed by atoms with Crippen molar-refractivity contribution in [1.29, 1.82) is 0 Å². The number of hydrogen-bond acceptors (Lipinski definition) is 3. The standard InChI is InChI=1S/C17H22ClN3O/c1-12-5-6-16(10-17(12)18)20-19-11-15-9-13(2)21(14(15)3)7-8-22-4/h5-6,9-11,20H,7-8H2,1-4H3/b19-11+. The first kappa shape index (κ1) is 16.6. The molecular weight excluding hydrogens is 298 g/mol. The van der Waals surface area contributed by atoms with Gasteiger partial charge in [-0.25, -0.2) is 0 Å². The zero-order valence-corrected chi connectivity index (χ0v) is 14.2. The third-order valence-electron chi connectivity index (χ3n) is 3.70. The molecule has 1 N–H and O–H groups in total. The molecule has 0 bridgehead atoms. The van der Waals surface area contributed by atoms with Crippen LogP contribution in [0.25, 0.3) is 0 Å². The minimum atomic E-state index is 0.701. The average Bonchev–Trinajstić information content (AvgIpc) is 2.75. The van der Waals surface area contributed by atoms with Crippen LogP contribution in [0, 0.1) is 20.8 Å². The highest BCUT2D eigenvalue weighted by Crippen LogP contribution is 2.20. The monoisotopic (exact) mass is 319 g/mol. The lowest BCUT2D eigenvalue weighted by Crippen LogP contribution is -2.07. The van der Waals surface area contributed by atoms with Gasteiger partial charge < -0.3 is 9.30 Å². The van der Waals surface area contributed by atoms with E-state index in [0.717, 1.165) is 28.4 Å². The van der Waals surface area contributed by atoms with Crippen molar-refractivity contribution in [3.05, 3.63) is 51.8 Å². The zero-order chi connectivity index (χ0) is 16.1. The van der Waals surface area contributed by atoms with Crippen LogP contribution < -0.4 is 5.43 Å². The van der Waals surface area contributed by atoms with Crippen molar-refractivity contribution in [3.63, 3.8) is 0 Å². The summed E-state index contributed by atoms with van der Waals surface area (Å²) in [6.45, 7) is 7.71. The van der Waals surface area contributed by atoms with Gasteiger partial charge in [0.25, 0.3) is 0 Å². The average molecular weight is 320 g/mol. The van der Waals surface area contributed by atoms with E-state index in [0.29, 0.717) is 6.61 Å². The Bertz CT molecular complexity index is 677. The Morgan fingerprint density at radius 3 is 2.73 bits per heavy atom. The summed E-state index contributed by atoms with van der Waals surface area (Å²) in [5.74, 6) is 0. The van der Waals surface area contributed by atoms with Gasteiger partial charge in [0.1, 0.15) is 0 Å². The maximum Gasteiger partial charge on any atom is 0.0641 e. The lowest BCUT2D eigenvalue weighted by atomic mass is 10.2. The molecule has 2 aromatic rings. The maximum absolute atomic E-state index is 6.10. The SMILES string of the molecule is COCCn1c(C)cc(/C=N/Nc2ccc(C)c(Cl)c2)c1C. The second kappa shape index (κ2) is 7.47. The number of hydrazone groups is 1. The van der Waals surface area contributed by atoms with Crippen LogP contribution in [0.4, 0.5) is 5.69 Å². The molecular formula is C17H22ClN3O. The molecule has 0 radical (unpaired) electrons.